The first kappa shape index (κ1) is 41.7. The SMILES string of the molecule is CC[C@H](O)[C@@H](C)[C@H]1O[C@@H]1C[C@H](C)/C=C/C=C(\C)[C@H]1OC(=O)C[C@H](O)CC[C@@](C)(OC(=O)N2CC[N+](C)(C(C)C)CC2)[C@@H](OC(C)=O)/C=C/[C@@H]1C. The summed E-state index contributed by atoms with van der Waals surface area (Å²) in [7, 11) is 2.19. The third-order valence-electron chi connectivity index (χ3n) is 11.2. The maximum atomic E-state index is 13.6. The molecule has 11 nitrogen and oxygen atoms in total. The molecule has 0 saturated carbocycles. The lowest BCUT2D eigenvalue weighted by atomic mass is 9.88. The summed E-state index contributed by atoms with van der Waals surface area (Å²) in [5.41, 5.74) is -0.493. The van der Waals surface area contributed by atoms with Crippen LogP contribution in [0.3, 0.4) is 0 Å². The van der Waals surface area contributed by atoms with Crippen LogP contribution in [0.2, 0.25) is 0 Å². The van der Waals surface area contributed by atoms with Crippen LogP contribution >= 0.6 is 0 Å². The highest BCUT2D eigenvalue weighted by atomic mass is 16.6. The van der Waals surface area contributed by atoms with Crippen molar-refractivity contribution in [3.05, 3.63) is 36.0 Å². The minimum Gasteiger partial charge on any atom is -0.457 e. The summed E-state index contributed by atoms with van der Waals surface area (Å²) in [5, 5.41) is 21.1. The van der Waals surface area contributed by atoms with Crippen molar-refractivity contribution in [3.63, 3.8) is 0 Å². The third kappa shape index (κ3) is 11.6. The van der Waals surface area contributed by atoms with Gasteiger partial charge in [-0.1, -0.05) is 52.0 Å². The number of amides is 1. The van der Waals surface area contributed by atoms with E-state index in [2.05, 4.69) is 33.9 Å². The number of likely N-dealkylation sites (N-methyl/N-ethyl adjacent to an activating group) is 1. The molecule has 0 radical (unpaired) electrons. The van der Waals surface area contributed by atoms with Crippen LogP contribution in [0.25, 0.3) is 0 Å². The third-order valence-corrected chi connectivity index (χ3v) is 11.2. The van der Waals surface area contributed by atoms with Crippen molar-refractivity contribution in [2.75, 3.05) is 33.2 Å². The molecule has 0 aliphatic carbocycles. The van der Waals surface area contributed by atoms with Crippen LogP contribution in [0.4, 0.5) is 4.79 Å². The maximum Gasteiger partial charge on any atom is 0.410 e. The molecule has 3 heterocycles. The van der Waals surface area contributed by atoms with Crippen molar-refractivity contribution < 1.29 is 48.0 Å². The van der Waals surface area contributed by atoms with Gasteiger partial charge in [-0.05, 0) is 70.9 Å². The summed E-state index contributed by atoms with van der Waals surface area (Å²) in [5.74, 6) is -1.05. The second-order valence-electron chi connectivity index (χ2n) is 15.8. The van der Waals surface area contributed by atoms with E-state index in [9.17, 15) is 24.6 Å². The number of aliphatic hydroxyl groups is 2. The van der Waals surface area contributed by atoms with Crippen molar-refractivity contribution in [2.24, 2.45) is 17.8 Å². The first-order valence-corrected chi connectivity index (χ1v) is 18.6. The number of rotatable bonds is 11. The lowest BCUT2D eigenvalue weighted by Crippen LogP contribution is -2.62. The van der Waals surface area contributed by atoms with E-state index >= 15 is 0 Å². The average Bonchev–Trinajstić information content (AvgIpc) is 3.81. The zero-order chi connectivity index (χ0) is 37.4. The fraction of sp³-hybridized carbons (Fsp3) is 0.769. The highest BCUT2D eigenvalue weighted by Gasteiger charge is 2.45. The molecule has 50 heavy (non-hydrogen) atoms. The number of carbonyl (C=O) groups excluding carboxylic acids is 3. The van der Waals surface area contributed by atoms with E-state index in [1.807, 2.05) is 45.9 Å². The number of epoxide rings is 1. The van der Waals surface area contributed by atoms with Crippen molar-refractivity contribution in [1.29, 1.82) is 0 Å². The van der Waals surface area contributed by atoms with E-state index in [1.54, 1.807) is 17.9 Å². The number of quaternary nitrogens is 1. The van der Waals surface area contributed by atoms with Crippen LogP contribution in [-0.4, -0.2) is 119 Å². The van der Waals surface area contributed by atoms with Gasteiger partial charge < -0.3 is 33.6 Å². The zero-order valence-electron chi connectivity index (χ0n) is 32.2. The lowest BCUT2D eigenvalue weighted by Gasteiger charge is -2.45. The first-order chi connectivity index (χ1) is 23.4. The molecule has 0 unspecified atom stereocenters. The summed E-state index contributed by atoms with van der Waals surface area (Å²) in [4.78, 5) is 40.6. The molecule has 2 fully saturated rings. The topological polar surface area (TPSA) is 135 Å². The predicted octanol–water partition coefficient (Wildman–Crippen LogP) is 5.34. The van der Waals surface area contributed by atoms with Gasteiger partial charge in [0.15, 0.2) is 11.7 Å². The van der Waals surface area contributed by atoms with Gasteiger partial charge in [0.25, 0.3) is 0 Å². The van der Waals surface area contributed by atoms with Crippen molar-refractivity contribution in [2.45, 2.75) is 143 Å². The number of ether oxygens (including phenoxy) is 4. The number of hydrogen-bond acceptors (Lipinski definition) is 9. The first-order valence-electron chi connectivity index (χ1n) is 18.6. The van der Waals surface area contributed by atoms with Gasteiger partial charge in [-0.2, -0.15) is 0 Å². The van der Waals surface area contributed by atoms with Gasteiger partial charge >= 0.3 is 18.0 Å². The Morgan fingerprint density at radius 2 is 1.82 bits per heavy atom. The molecule has 0 bridgehead atoms. The van der Waals surface area contributed by atoms with E-state index in [0.717, 1.165) is 29.6 Å². The molecule has 0 spiro atoms. The number of carbonyl (C=O) groups is 3. The summed E-state index contributed by atoms with van der Waals surface area (Å²) < 4.78 is 24.6. The highest BCUT2D eigenvalue weighted by molar-refractivity contribution is 5.71. The van der Waals surface area contributed by atoms with E-state index in [0.29, 0.717) is 25.6 Å². The molecule has 0 aromatic carbocycles. The number of nitrogens with zero attached hydrogens (tertiary/aromatic N) is 2. The van der Waals surface area contributed by atoms with E-state index in [1.165, 1.54) is 6.92 Å². The van der Waals surface area contributed by atoms with Gasteiger partial charge in [-0.3, -0.25) is 14.5 Å². The number of piperazine rings is 1. The minimum absolute atomic E-state index is 0.0862. The Bertz CT molecular complexity index is 1240. The maximum absolute atomic E-state index is 13.6. The van der Waals surface area contributed by atoms with E-state index in [-0.39, 0.29) is 55.3 Å². The summed E-state index contributed by atoms with van der Waals surface area (Å²) in [6.07, 6.45) is 7.88. The van der Waals surface area contributed by atoms with Crippen LogP contribution in [-0.2, 0) is 28.5 Å². The number of cyclic esters (lactones) is 1. The summed E-state index contributed by atoms with van der Waals surface area (Å²) in [6, 6.07) is 0.429. The molecule has 2 N–H and O–H groups in total. The normalized spacial score (nSPS) is 33.4. The Morgan fingerprint density at radius 3 is 2.42 bits per heavy atom. The quantitative estimate of drug-likeness (QED) is 0.0730. The predicted molar refractivity (Wildman–Crippen MR) is 192 cm³/mol. The molecule has 11 heteroatoms. The van der Waals surface area contributed by atoms with Crippen LogP contribution < -0.4 is 0 Å². The van der Waals surface area contributed by atoms with Crippen molar-refractivity contribution >= 4 is 18.0 Å². The van der Waals surface area contributed by atoms with Gasteiger partial charge in [-0.25, -0.2) is 4.79 Å². The van der Waals surface area contributed by atoms with Crippen molar-refractivity contribution in [1.82, 2.24) is 4.90 Å². The molecule has 284 valence electrons. The van der Waals surface area contributed by atoms with Gasteiger partial charge in [0.05, 0.1) is 70.1 Å². The molecule has 3 aliphatic rings. The molecule has 0 aromatic rings. The molecule has 1 amide bonds. The van der Waals surface area contributed by atoms with Crippen LogP contribution in [0.1, 0.15) is 94.4 Å². The minimum atomic E-state index is -1.30. The molecule has 3 aliphatic heterocycles. The Hall–Kier alpha value is -2.73. The smallest absolute Gasteiger partial charge is 0.410 e. The fourth-order valence-electron chi connectivity index (χ4n) is 6.95. The van der Waals surface area contributed by atoms with Gasteiger partial charge in [-0.15, -0.1) is 0 Å². The van der Waals surface area contributed by atoms with Crippen LogP contribution in [0.15, 0.2) is 36.0 Å². The Balaban J connectivity index is 1.77. The summed E-state index contributed by atoms with van der Waals surface area (Å²) >= 11 is 0. The highest BCUT2D eigenvalue weighted by Crippen LogP contribution is 2.36. The number of aliphatic hydroxyl groups excluding tert-OH is 2. The standard InChI is InChI=1S/C39H65N2O9/c1-11-32(44)29(7)37-33(48-37)23-26(4)13-12-14-27(5)36-28(6)15-16-34(47-30(8)42)39(9,18-17-31(43)24-35(45)49-36)50-38(46)40-19-21-41(10,22-20-40)25(2)3/h12-16,25-26,28-29,31-34,36-37,43-44H,11,17-24H2,1-10H3/q+1/b13-12+,16-15+,27-14+/t26-,28+,29-,31-,32+,33-,34+,36-,37-,39-/m1/s1. The van der Waals surface area contributed by atoms with Crippen molar-refractivity contribution in [3.8, 4) is 0 Å². The molecule has 0 aromatic heterocycles. The van der Waals surface area contributed by atoms with Gasteiger partial charge in [0.1, 0.15) is 6.10 Å². The monoisotopic (exact) mass is 705 g/mol. The second kappa shape index (κ2) is 18.2. The summed E-state index contributed by atoms with van der Waals surface area (Å²) in [6.45, 7) is 20.0. The van der Waals surface area contributed by atoms with Gasteiger partial charge in [0.2, 0.25) is 0 Å². The molecule has 2 saturated heterocycles. The average molecular weight is 706 g/mol. The number of hydrogen-bond donors (Lipinski definition) is 2. The zero-order valence-corrected chi connectivity index (χ0v) is 32.2. The number of esters is 2. The Kier molecular flexibility index (Phi) is 15.1. The largest absolute Gasteiger partial charge is 0.457 e. The van der Waals surface area contributed by atoms with Crippen LogP contribution in [0.5, 0.6) is 0 Å². The van der Waals surface area contributed by atoms with E-state index < -0.39 is 41.9 Å². The molecular formula is C39H65N2O9+. The van der Waals surface area contributed by atoms with Gasteiger partial charge in [0, 0.05) is 18.8 Å². The molecular weight excluding hydrogens is 640 g/mol. The molecule has 10 atom stereocenters. The lowest BCUT2D eigenvalue weighted by molar-refractivity contribution is -0.933. The van der Waals surface area contributed by atoms with E-state index in [4.69, 9.17) is 18.9 Å². The number of allylic oxidation sites excluding steroid dienone is 3. The van der Waals surface area contributed by atoms with Crippen LogP contribution in [0, 0.1) is 17.8 Å². The Morgan fingerprint density at radius 1 is 1.16 bits per heavy atom. The fourth-order valence-corrected chi connectivity index (χ4v) is 6.95. The Labute approximate surface area is 300 Å². The second-order valence-corrected chi connectivity index (χ2v) is 15.8. The molecule has 3 rings (SSSR count).